The number of hydrogen-bond donors (Lipinski definition) is 1. The van der Waals surface area contributed by atoms with Crippen LogP contribution in [-0.2, 0) is 0 Å². The van der Waals surface area contributed by atoms with Crippen LogP contribution in [0.4, 0.5) is 0 Å². The summed E-state index contributed by atoms with van der Waals surface area (Å²) in [6.45, 7) is 3.10. The van der Waals surface area contributed by atoms with Crippen LogP contribution in [0.1, 0.15) is 30.4 Å². The summed E-state index contributed by atoms with van der Waals surface area (Å²) in [5, 5.41) is 3.46. The molecule has 1 aliphatic rings. The van der Waals surface area contributed by atoms with E-state index < -0.39 is 0 Å². The van der Waals surface area contributed by atoms with E-state index in [1.54, 1.807) is 0 Å². The molecule has 1 N–H and O–H groups in total. The third-order valence-electron chi connectivity index (χ3n) is 3.38. The van der Waals surface area contributed by atoms with Gasteiger partial charge in [0, 0.05) is 15.7 Å². The first-order valence-electron chi connectivity index (χ1n) is 6.57. The van der Waals surface area contributed by atoms with Gasteiger partial charge in [0.15, 0.2) is 0 Å². The van der Waals surface area contributed by atoms with Gasteiger partial charge in [0.2, 0.25) is 0 Å². The average molecular weight is 318 g/mol. The van der Waals surface area contributed by atoms with Gasteiger partial charge in [-0.15, -0.1) is 0 Å². The van der Waals surface area contributed by atoms with Gasteiger partial charge in [-0.1, -0.05) is 28.1 Å². The van der Waals surface area contributed by atoms with Crippen molar-refractivity contribution in [2.24, 2.45) is 0 Å². The first-order valence-corrected chi connectivity index (χ1v) is 7.36. The molecule has 1 aromatic heterocycles. The molecule has 0 saturated carbocycles. The largest absolute Gasteiger partial charge is 0.307 e. The third kappa shape index (κ3) is 2.85. The fraction of sp³-hybridized carbons (Fsp3) is 0.333. The molecule has 4 heteroatoms. The molecule has 1 unspecified atom stereocenters. The summed E-state index contributed by atoms with van der Waals surface area (Å²) >= 11 is 3.46. The van der Waals surface area contributed by atoms with Gasteiger partial charge in [0.05, 0.1) is 11.7 Å². The van der Waals surface area contributed by atoms with Crippen molar-refractivity contribution in [2.75, 3.05) is 6.54 Å². The maximum atomic E-state index is 4.73. The van der Waals surface area contributed by atoms with Crippen LogP contribution in [-0.4, -0.2) is 16.5 Å². The Morgan fingerprint density at radius 1 is 1.21 bits per heavy atom. The topological polar surface area (TPSA) is 37.8 Å². The van der Waals surface area contributed by atoms with E-state index >= 15 is 0 Å². The van der Waals surface area contributed by atoms with E-state index in [0.717, 1.165) is 40.2 Å². The molecule has 0 amide bonds. The van der Waals surface area contributed by atoms with E-state index in [2.05, 4.69) is 38.4 Å². The minimum Gasteiger partial charge on any atom is -0.307 e. The zero-order valence-corrected chi connectivity index (χ0v) is 12.4. The predicted molar refractivity (Wildman–Crippen MR) is 79.9 cm³/mol. The number of nitrogens with zero attached hydrogens (tertiary/aromatic N) is 2. The SMILES string of the molecule is Cc1cc(-c2ccc(Br)cc2)nc(C2CCCN2)n1. The van der Waals surface area contributed by atoms with Crippen LogP contribution in [0, 0.1) is 6.92 Å². The number of hydrogen-bond acceptors (Lipinski definition) is 3. The summed E-state index contributed by atoms with van der Waals surface area (Å²) in [6, 6.07) is 10.6. The normalized spacial score (nSPS) is 18.7. The van der Waals surface area contributed by atoms with Crippen LogP contribution in [0.2, 0.25) is 0 Å². The third-order valence-corrected chi connectivity index (χ3v) is 3.91. The number of aromatic nitrogens is 2. The number of halogens is 1. The average Bonchev–Trinajstić information content (AvgIpc) is 2.93. The van der Waals surface area contributed by atoms with Crippen LogP contribution >= 0.6 is 15.9 Å². The standard InChI is InChI=1S/C15H16BrN3/c1-10-9-14(11-4-6-12(16)7-5-11)19-15(18-10)13-3-2-8-17-13/h4-7,9,13,17H,2-3,8H2,1H3. The molecule has 2 aromatic rings. The van der Waals surface area contributed by atoms with Crippen LogP contribution in [0.15, 0.2) is 34.8 Å². The second kappa shape index (κ2) is 5.39. The zero-order valence-electron chi connectivity index (χ0n) is 10.9. The second-order valence-electron chi connectivity index (χ2n) is 4.91. The van der Waals surface area contributed by atoms with Crippen molar-refractivity contribution in [1.82, 2.24) is 15.3 Å². The van der Waals surface area contributed by atoms with Gasteiger partial charge in [0.25, 0.3) is 0 Å². The molecule has 1 aromatic carbocycles. The maximum absolute atomic E-state index is 4.73. The molecule has 98 valence electrons. The molecule has 1 aliphatic heterocycles. The lowest BCUT2D eigenvalue weighted by Gasteiger charge is -2.11. The molecule has 0 aliphatic carbocycles. The zero-order chi connectivity index (χ0) is 13.2. The van der Waals surface area contributed by atoms with Gasteiger partial charge in [0.1, 0.15) is 5.82 Å². The predicted octanol–water partition coefficient (Wildman–Crippen LogP) is 3.64. The fourth-order valence-electron chi connectivity index (χ4n) is 2.42. The Kier molecular flexibility index (Phi) is 3.62. The van der Waals surface area contributed by atoms with E-state index in [0.29, 0.717) is 6.04 Å². The van der Waals surface area contributed by atoms with E-state index in [-0.39, 0.29) is 0 Å². The summed E-state index contributed by atoms with van der Waals surface area (Å²) < 4.78 is 1.08. The van der Waals surface area contributed by atoms with Gasteiger partial charge >= 0.3 is 0 Å². The Balaban J connectivity index is 1.99. The van der Waals surface area contributed by atoms with Crippen molar-refractivity contribution in [3.05, 3.63) is 46.3 Å². The summed E-state index contributed by atoms with van der Waals surface area (Å²) in [6.07, 6.45) is 2.33. The number of rotatable bonds is 2. The first kappa shape index (κ1) is 12.8. The molecule has 1 saturated heterocycles. The molecular formula is C15H16BrN3. The minimum absolute atomic E-state index is 0.314. The van der Waals surface area contributed by atoms with Gasteiger partial charge in [-0.3, -0.25) is 0 Å². The van der Waals surface area contributed by atoms with Crippen LogP contribution in [0.5, 0.6) is 0 Å². The molecule has 1 fully saturated rings. The van der Waals surface area contributed by atoms with Gasteiger partial charge in [-0.2, -0.15) is 0 Å². The highest BCUT2D eigenvalue weighted by molar-refractivity contribution is 9.10. The lowest BCUT2D eigenvalue weighted by molar-refractivity contribution is 0.603. The van der Waals surface area contributed by atoms with Crippen molar-refractivity contribution in [3.8, 4) is 11.3 Å². The number of aryl methyl sites for hydroxylation is 1. The minimum atomic E-state index is 0.314. The Labute approximate surface area is 121 Å². The summed E-state index contributed by atoms with van der Waals surface area (Å²) in [7, 11) is 0. The van der Waals surface area contributed by atoms with Crippen LogP contribution in [0.3, 0.4) is 0 Å². The molecule has 0 radical (unpaired) electrons. The van der Waals surface area contributed by atoms with Crippen LogP contribution < -0.4 is 5.32 Å². The Morgan fingerprint density at radius 3 is 2.68 bits per heavy atom. The molecule has 3 nitrogen and oxygen atoms in total. The monoisotopic (exact) mass is 317 g/mol. The molecular weight excluding hydrogens is 302 g/mol. The van der Waals surface area contributed by atoms with Gasteiger partial charge in [-0.05, 0) is 44.5 Å². The highest BCUT2D eigenvalue weighted by Gasteiger charge is 2.19. The number of nitrogens with one attached hydrogen (secondary N) is 1. The van der Waals surface area contributed by atoms with E-state index in [9.17, 15) is 0 Å². The highest BCUT2D eigenvalue weighted by atomic mass is 79.9. The second-order valence-corrected chi connectivity index (χ2v) is 5.82. The van der Waals surface area contributed by atoms with Crippen molar-refractivity contribution in [1.29, 1.82) is 0 Å². The first-order chi connectivity index (χ1) is 9.22. The van der Waals surface area contributed by atoms with E-state index in [1.165, 1.54) is 6.42 Å². The van der Waals surface area contributed by atoms with Crippen LogP contribution in [0.25, 0.3) is 11.3 Å². The van der Waals surface area contributed by atoms with Crippen molar-refractivity contribution >= 4 is 15.9 Å². The summed E-state index contributed by atoms with van der Waals surface area (Å²) in [4.78, 5) is 9.30. The Morgan fingerprint density at radius 2 is 2.00 bits per heavy atom. The number of benzene rings is 1. The smallest absolute Gasteiger partial charge is 0.146 e. The molecule has 0 spiro atoms. The highest BCUT2D eigenvalue weighted by Crippen LogP contribution is 2.25. The fourth-order valence-corrected chi connectivity index (χ4v) is 2.69. The van der Waals surface area contributed by atoms with Crippen molar-refractivity contribution in [2.45, 2.75) is 25.8 Å². The lowest BCUT2D eigenvalue weighted by Crippen LogP contribution is -2.16. The Bertz CT molecular complexity index is 574. The van der Waals surface area contributed by atoms with Crippen molar-refractivity contribution in [3.63, 3.8) is 0 Å². The van der Waals surface area contributed by atoms with E-state index in [4.69, 9.17) is 4.98 Å². The molecule has 19 heavy (non-hydrogen) atoms. The lowest BCUT2D eigenvalue weighted by atomic mass is 10.1. The Hall–Kier alpha value is -1.26. The summed E-state index contributed by atoms with van der Waals surface area (Å²) in [5.74, 6) is 0.926. The van der Waals surface area contributed by atoms with E-state index in [1.807, 2.05) is 25.1 Å². The quantitative estimate of drug-likeness (QED) is 0.919. The molecule has 1 atom stereocenters. The maximum Gasteiger partial charge on any atom is 0.146 e. The molecule has 3 rings (SSSR count). The molecule has 0 bridgehead atoms. The van der Waals surface area contributed by atoms with Gasteiger partial charge in [-0.25, -0.2) is 9.97 Å². The van der Waals surface area contributed by atoms with Crippen molar-refractivity contribution < 1.29 is 0 Å². The molecule has 2 heterocycles. The van der Waals surface area contributed by atoms with Gasteiger partial charge < -0.3 is 5.32 Å². The summed E-state index contributed by atoms with van der Waals surface area (Å²) in [5.41, 5.74) is 3.16.